The highest BCUT2D eigenvalue weighted by molar-refractivity contribution is 6.11. The van der Waals surface area contributed by atoms with Gasteiger partial charge in [-0.15, -0.1) is 0 Å². The van der Waals surface area contributed by atoms with E-state index in [1.54, 1.807) is 12.1 Å². The van der Waals surface area contributed by atoms with Crippen LogP contribution < -0.4 is 5.32 Å². The molecule has 1 unspecified atom stereocenters. The SMILES string of the molecule is Cc1ccc(-c2cccc(-c3nc4c(ccc5cc(C(=O)NC(Cc6ccccc6)C(=O)O)cc(O)c54)[nH]3)c2)cc1C. The van der Waals surface area contributed by atoms with Crippen molar-refractivity contribution < 1.29 is 19.8 Å². The van der Waals surface area contributed by atoms with Crippen LogP contribution in [0.15, 0.2) is 97.1 Å². The summed E-state index contributed by atoms with van der Waals surface area (Å²) in [5.41, 5.74) is 7.86. The quantitative estimate of drug-likeness (QED) is 0.173. The van der Waals surface area contributed by atoms with Gasteiger partial charge < -0.3 is 20.5 Å². The maximum atomic E-state index is 13.1. The van der Waals surface area contributed by atoms with Crippen molar-refractivity contribution in [2.75, 3.05) is 0 Å². The summed E-state index contributed by atoms with van der Waals surface area (Å²) in [7, 11) is 0. The van der Waals surface area contributed by atoms with Crippen LogP contribution in [0.5, 0.6) is 5.75 Å². The molecule has 0 saturated heterocycles. The van der Waals surface area contributed by atoms with Gasteiger partial charge in [0.1, 0.15) is 23.1 Å². The highest BCUT2D eigenvalue weighted by Crippen LogP contribution is 2.35. The zero-order chi connectivity index (χ0) is 29.4. The van der Waals surface area contributed by atoms with Gasteiger partial charge in [-0.25, -0.2) is 9.78 Å². The summed E-state index contributed by atoms with van der Waals surface area (Å²) in [6.45, 7) is 4.20. The van der Waals surface area contributed by atoms with Crippen LogP contribution in [-0.4, -0.2) is 38.1 Å². The van der Waals surface area contributed by atoms with E-state index in [0.29, 0.717) is 22.1 Å². The van der Waals surface area contributed by atoms with Crippen molar-refractivity contribution >= 4 is 33.7 Å². The molecule has 42 heavy (non-hydrogen) atoms. The fraction of sp³-hybridized carbons (Fsp3) is 0.114. The van der Waals surface area contributed by atoms with E-state index in [1.807, 2.05) is 48.5 Å². The van der Waals surface area contributed by atoms with Crippen molar-refractivity contribution in [3.63, 3.8) is 0 Å². The van der Waals surface area contributed by atoms with E-state index >= 15 is 0 Å². The van der Waals surface area contributed by atoms with Crippen molar-refractivity contribution in [3.05, 3.63) is 119 Å². The van der Waals surface area contributed by atoms with Crippen LogP contribution >= 0.6 is 0 Å². The van der Waals surface area contributed by atoms with Crippen molar-refractivity contribution in [1.82, 2.24) is 15.3 Å². The van der Waals surface area contributed by atoms with Crippen molar-refractivity contribution in [2.45, 2.75) is 26.3 Å². The molecule has 7 nitrogen and oxygen atoms in total. The Balaban J connectivity index is 1.32. The van der Waals surface area contributed by atoms with Crippen molar-refractivity contribution in [3.8, 4) is 28.3 Å². The summed E-state index contributed by atoms with van der Waals surface area (Å²) >= 11 is 0. The molecule has 0 aliphatic carbocycles. The molecule has 0 aliphatic rings. The van der Waals surface area contributed by atoms with E-state index in [1.165, 1.54) is 17.2 Å². The van der Waals surface area contributed by atoms with Gasteiger partial charge in [-0.05, 0) is 71.3 Å². The molecule has 0 bridgehead atoms. The number of aromatic nitrogens is 2. The minimum Gasteiger partial charge on any atom is -0.507 e. The zero-order valence-electron chi connectivity index (χ0n) is 23.2. The first-order valence-corrected chi connectivity index (χ1v) is 13.7. The summed E-state index contributed by atoms with van der Waals surface area (Å²) < 4.78 is 0. The van der Waals surface area contributed by atoms with Gasteiger partial charge in [0.2, 0.25) is 0 Å². The number of carbonyl (C=O) groups is 2. The maximum Gasteiger partial charge on any atom is 0.326 e. The van der Waals surface area contributed by atoms with Gasteiger partial charge in [0.15, 0.2) is 0 Å². The third kappa shape index (κ3) is 5.20. The Labute approximate surface area is 242 Å². The summed E-state index contributed by atoms with van der Waals surface area (Å²) in [6.07, 6.45) is 0.142. The molecule has 5 aromatic carbocycles. The Hall–Kier alpha value is -5.43. The molecule has 1 atom stereocenters. The van der Waals surface area contributed by atoms with Crippen molar-refractivity contribution in [2.24, 2.45) is 0 Å². The summed E-state index contributed by atoms with van der Waals surface area (Å²) in [4.78, 5) is 33.1. The number of imidazole rings is 1. The number of aliphatic carboxylic acids is 1. The van der Waals surface area contributed by atoms with Gasteiger partial charge in [-0.1, -0.05) is 72.8 Å². The molecule has 0 aliphatic heterocycles. The topological polar surface area (TPSA) is 115 Å². The monoisotopic (exact) mass is 555 g/mol. The van der Waals surface area contributed by atoms with Crippen molar-refractivity contribution in [1.29, 1.82) is 0 Å². The first-order valence-electron chi connectivity index (χ1n) is 13.7. The first kappa shape index (κ1) is 26.8. The molecule has 1 amide bonds. The number of aromatic hydroxyl groups is 1. The number of hydrogen-bond donors (Lipinski definition) is 4. The van der Waals surface area contributed by atoms with Gasteiger partial charge in [0, 0.05) is 17.5 Å². The largest absolute Gasteiger partial charge is 0.507 e. The number of aryl methyl sites for hydroxylation is 2. The number of nitrogens with one attached hydrogen (secondary N) is 2. The Morgan fingerprint density at radius 2 is 1.60 bits per heavy atom. The van der Waals surface area contributed by atoms with Crippen LogP contribution in [0.2, 0.25) is 0 Å². The number of aromatic amines is 1. The first-order chi connectivity index (χ1) is 20.3. The average molecular weight is 556 g/mol. The number of phenolic OH excluding ortho intramolecular Hbond substituents is 1. The van der Waals surface area contributed by atoms with Crippen LogP contribution in [0, 0.1) is 13.8 Å². The van der Waals surface area contributed by atoms with Gasteiger partial charge in [0.25, 0.3) is 5.91 Å². The Bertz CT molecular complexity index is 1980. The van der Waals surface area contributed by atoms with Crippen LogP contribution in [0.3, 0.4) is 0 Å². The lowest BCUT2D eigenvalue weighted by Gasteiger charge is -2.15. The number of hydrogen-bond acceptors (Lipinski definition) is 4. The average Bonchev–Trinajstić information content (AvgIpc) is 3.43. The molecule has 0 fully saturated rings. The molecule has 0 radical (unpaired) electrons. The second kappa shape index (κ2) is 10.9. The van der Waals surface area contributed by atoms with E-state index in [-0.39, 0.29) is 17.7 Å². The number of carboxylic acid groups (broad SMARTS) is 1. The Kier molecular flexibility index (Phi) is 6.92. The smallest absolute Gasteiger partial charge is 0.326 e. The second-order valence-corrected chi connectivity index (χ2v) is 10.6. The lowest BCUT2D eigenvalue weighted by atomic mass is 9.99. The number of benzene rings is 5. The number of carboxylic acids is 1. The normalized spacial score (nSPS) is 12.0. The summed E-state index contributed by atoms with van der Waals surface area (Å²) in [5, 5.41) is 24.5. The predicted molar refractivity (Wildman–Crippen MR) is 165 cm³/mol. The van der Waals surface area contributed by atoms with Gasteiger partial charge in [-0.3, -0.25) is 4.79 Å². The summed E-state index contributed by atoms with van der Waals surface area (Å²) in [6, 6.07) is 29.2. The van der Waals surface area contributed by atoms with Crippen LogP contribution in [0.25, 0.3) is 44.3 Å². The van der Waals surface area contributed by atoms with Crippen LogP contribution in [-0.2, 0) is 11.2 Å². The minimum absolute atomic E-state index is 0.111. The fourth-order valence-electron chi connectivity index (χ4n) is 5.24. The van der Waals surface area contributed by atoms with Gasteiger partial charge in [-0.2, -0.15) is 0 Å². The standard InChI is InChI=1S/C35H29N3O4/c1-20-11-12-24(15-21(20)2)23-9-6-10-26(17-23)33-36-28-14-13-25-18-27(19-30(39)31(25)32(28)38-33)34(40)37-29(35(41)42)16-22-7-4-3-5-8-22/h3-15,17-19,29,39H,16H2,1-2H3,(H,36,38)(H,37,40)(H,41,42). The molecule has 6 rings (SSSR count). The zero-order valence-corrected chi connectivity index (χ0v) is 23.2. The number of phenols is 1. The van der Waals surface area contributed by atoms with E-state index in [2.05, 4.69) is 54.5 Å². The van der Waals surface area contributed by atoms with Crippen LogP contribution in [0.4, 0.5) is 0 Å². The lowest BCUT2D eigenvalue weighted by molar-refractivity contribution is -0.139. The molecule has 0 spiro atoms. The lowest BCUT2D eigenvalue weighted by Crippen LogP contribution is -2.42. The third-order valence-corrected chi connectivity index (χ3v) is 7.67. The molecule has 1 heterocycles. The van der Waals surface area contributed by atoms with Gasteiger partial charge in [0.05, 0.1) is 10.9 Å². The number of amides is 1. The Morgan fingerprint density at radius 3 is 2.36 bits per heavy atom. The van der Waals surface area contributed by atoms with E-state index in [9.17, 15) is 19.8 Å². The van der Waals surface area contributed by atoms with Crippen LogP contribution in [0.1, 0.15) is 27.0 Å². The molecule has 7 heteroatoms. The number of nitrogens with zero attached hydrogens (tertiary/aromatic N) is 1. The second-order valence-electron chi connectivity index (χ2n) is 10.6. The number of H-pyrrole nitrogens is 1. The molecular formula is C35H29N3O4. The predicted octanol–water partition coefficient (Wildman–Crippen LogP) is 6.80. The third-order valence-electron chi connectivity index (χ3n) is 7.67. The Morgan fingerprint density at radius 1 is 0.833 bits per heavy atom. The molecule has 208 valence electrons. The van der Waals surface area contributed by atoms with E-state index in [0.717, 1.165) is 27.8 Å². The maximum absolute atomic E-state index is 13.1. The highest BCUT2D eigenvalue weighted by Gasteiger charge is 2.22. The minimum atomic E-state index is -1.13. The van der Waals surface area contributed by atoms with E-state index < -0.39 is 17.9 Å². The molecular weight excluding hydrogens is 526 g/mol. The molecule has 6 aromatic rings. The molecule has 4 N–H and O–H groups in total. The fourth-order valence-corrected chi connectivity index (χ4v) is 5.24. The number of fused-ring (bicyclic) bond motifs is 3. The highest BCUT2D eigenvalue weighted by atomic mass is 16.4. The van der Waals surface area contributed by atoms with E-state index in [4.69, 9.17) is 4.98 Å². The molecule has 1 aromatic heterocycles. The number of carbonyl (C=O) groups excluding carboxylic acids is 1. The van der Waals surface area contributed by atoms with Gasteiger partial charge >= 0.3 is 5.97 Å². The summed E-state index contributed by atoms with van der Waals surface area (Å²) in [5.74, 6) is -1.17. The molecule has 0 saturated carbocycles. The number of rotatable bonds is 7.